The molecule has 0 spiro atoms. The summed E-state index contributed by atoms with van der Waals surface area (Å²) in [5.41, 5.74) is 0. The summed E-state index contributed by atoms with van der Waals surface area (Å²) in [6.07, 6.45) is 7.15. The normalized spacial score (nSPS) is 24.7. The molecule has 0 aliphatic heterocycles. The fraction of sp³-hybridized carbons (Fsp3) is 0.667. The molecular weight excluding hydrogens is 199 g/mol. The molecule has 1 aliphatic rings. The maximum atomic E-state index is 11.5. The molecule has 1 N–H and O–H groups in total. The molecule has 1 rings (SSSR count). The first-order valence-corrected chi connectivity index (χ1v) is 5.54. The van der Waals surface area contributed by atoms with Gasteiger partial charge in [-0.3, -0.25) is 9.59 Å². The van der Waals surface area contributed by atoms with Gasteiger partial charge in [-0.25, -0.2) is 0 Å². The minimum absolute atomic E-state index is 0. The third-order valence-corrected chi connectivity index (χ3v) is 2.97. The van der Waals surface area contributed by atoms with Gasteiger partial charge in [0, 0.05) is 18.8 Å². The van der Waals surface area contributed by atoms with E-state index in [-0.39, 0.29) is 42.9 Å². The molecule has 0 saturated heterocycles. The van der Waals surface area contributed by atoms with E-state index in [1.165, 1.54) is 0 Å². The molecule has 0 radical (unpaired) electrons. The molecular formula is C12H19LiO3. The van der Waals surface area contributed by atoms with Crippen LogP contribution in [0.4, 0.5) is 0 Å². The Balaban J connectivity index is 0.00000225. The number of carboxylic acid groups (broad SMARTS) is 1. The number of Topliss-reactive ketones (excluding diaryl/α,β-unsaturated/α-hetero) is 1. The number of rotatable bonds is 5. The van der Waals surface area contributed by atoms with E-state index in [1.807, 2.05) is 19.1 Å². The summed E-state index contributed by atoms with van der Waals surface area (Å²) < 4.78 is 0. The second-order valence-corrected chi connectivity index (χ2v) is 4.08. The van der Waals surface area contributed by atoms with Crippen molar-refractivity contribution in [2.45, 2.75) is 39.0 Å². The number of allylic oxidation sites excluding steroid dienone is 2. The van der Waals surface area contributed by atoms with Gasteiger partial charge in [-0.1, -0.05) is 19.1 Å². The molecule has 1 aliphatic carbocycles. The Kier molecular flexibility index (Phi) is 7.45. The van der Waals surface area contributed by atoms with E-state index in [4.69, 9.17) is 5.11 Å². The number of hydrogen-bond donors (Lipinski definition) is 1. The first-order valence-electron chi connectivity index (χ1n) is 5.54. The molecule has 0 heterocycles. The van der Waals surface area contributed by atoms with Gasteiger partial charge in [0.1, 0.15) is 5.78 Å². The van der Waals surface area contributed by atoms with Crippen LogP contribution < -0.4 is 0 Å². The Bertz CT molecular complexity index is 273. The molecule has 0 bridgehead atoms. The SMILES string of the molecule is CC/C=C\C[C@@H]1C(=O)CC[C@H]1CC(=O)O.[LiH]. The Morgan fingerprint density at radius 3 is 2.75 bits per heavy atom. The molecule has 0 aromatic rings. The van der Waals surface area contributed by atoms with Crippen molar-refractivity contribution in [3.8, 4) is 0 Å². The quantitative estimate of drug-likeness (QED) is 0.565. The molecule has 16 heavy (non-hydrogen) atoms. The monoisotopic (exact) mass is 218 g/mol. The summed E-state index contributed by atoms with van der Waals surface area (Å²) in [7, 11) is 0. The molecule has 0 aromatic heterocycles. The Morgan fingerprint density at radius 1 is 1.50 bits per heavy atom. The van der Waals surface area contributed by atoms with Crippen molar-refractivity contribution in [2.24, 2.45) is 11.8 Å². The number of hydrogen-bond acceptors (Lipinski definition) is 2. The van der Waals surface area contributed by atoms with Crippen molar-refractivity contribution in [3.05, 3.63) is 12.2 Å². The van der Waals surface area contributed by atoms with Crippen molar-refractivity contribution in [2.75, 3.05) is 0 Å². The minimum atomic E-state index is -0.792. The molecule has 0 aromatic carbocycles. The molecule has 1 saturated carbocycles. The van der Waals surface area contributed by atoms with Gasteiger partial charge in [0.2, 0.25) is 0 Å². The van der Waals surface area contributed by atoms with Gasteiger partial charge in [-0.05, 0) is 25.2 Å². The van der Waals surface area contributed by atoms with Gasteiger partial charge in [-0.2, -0.15) is 0 Å². The van der Waals surface area contributed by atoms with Crippen LogP contribution in [0.25, 0.3) is 0 Å². The molecule has 0 unspecified atom stereocenters. The van der Waals surface area contributed by atoms with Crippen LogP contribution in [0.2, 0.25) is 0 Å². The molecule has 2 atom stereocenters. The van der Waals surface area contributed by atoms with Gasteiger partial charge in [0.05, 0.1) is 0 Å². The first-order chi connectivity index (χ1) is 7.15. The molecule has 4 heteroatoms. The number of aliphatic carboxylic acids is 1. The summed E-state index contributed by atoms with van der Waals surface area (Å²) in [5.74, 6) is -0.554. The molecule has 3 nitrogen and oxygen atoms in total. The summed E-state index contributed by atoms with van der Waals surface area (Å²) in [4.78, 5) is 22.1. The van der Waals surface area contributed by atoms with E-state index in [9.17, 15) is 9.59 Å². The van der Waals surface area contributed by atoms with Crippen LogP contribution in [-0.2, 0) is 9.59 Å². The van der Waals surface area contributed by atoms with Crippen LogP contribution in [-0.4, -0.2) is 35.7 Å². The third-order valence-electron chi connectivity index (χ3n) is 2.97. The van der Waals surface area contributed by atoms with Crippen molar-refractivity contribution in [3.63, 3.8) is 0 Å². The molecule has 0 amide bonds. The average Bonchev–Trinajstić information content (AvgIpc) is 2.49. The van der Waals surface area contributed by atoms with Gasteiger partial charge in [0.15, 0.2) is 0 Å². The zero-order valence-electron chi connectivity index (χ0n) is 9.11. The standard InChI is InChI=1S/C12H18O3.Li.H/c1-2-3-4-5-10-9(8-12(14)15)6-7-11(10)13;;/h3-4,9-10H,2,5-8H2,1H3,(H,14,15);;/b4-3-;;/t9-,10-;;/m0../s1. The maximum absolute atomic E-state index is 11.5. The zero-order valence-corrected chi connectivity index (χ0v) is 9.11. The second kappa shape index (κ2) is 7.70. The fourth-order valence-electron chi connectivity index (χ4n) is 2.18. The topological polar surface area (TPSA) is 54.4 Å². The molecule has 1 fully saturated rings. The van der Waals surface area contributed by atoms with E-state index in [0.717, 1.165) is 12.8 Å². The van der Waals surface area contributed by atoms with E-state index in [1.54, 1.807) is 0 Å². The predicted octanol–water partition coefficient (Wildman–Crippen LogP) is 1.76. The van der Waals surface area contributed by atoms with Crippen LogP contribution in [0.1, 0.15) is 39.0 Å². The summed E-state index contributed by atoms with van der Waals surface area (Å²) in [5, 5.41) is 8.72. The van der Waals surface area contributed by atoms with Crippen molar-refractivity contribution < 1.29 is 14.7 Å². The average molecular weight is 218 g/mol. The van der Waals surface area contributed by atoms with Crippen molar-refractivity contribution in [1.29, 1.82) is 0 Å². The summed E-state index contributed by atoms with van der Waals surface area (Å²) in [6.45, 7) is 2.04. The number of carbonyl (C=O) groups excluding carboxylic acids is 1. The number of ketones is 1. The first kappa shape index (κ1) is 15.5. The number of carbonyl (C=O) groups is 2. The summed E-state index contributed by atoms with van der Waals surface area (Å²) >= 11 is 0. The van der Waals surface area contributed by atoms with Crippen LogP contribution in [0, 0.1) is 11.8 Å². The van der Waals surface area contributed by atoms with Gasteiger partial charge in [0.25, 0.3) is 0 Å². The predicted molar refractivity (Wildman–Crippen MR) is 64.7 cm³/mol. The number of carboxylic acids is 1. The van der Waals surface area contributed by atoms with E-state index < -0.39 is 5.97 Å². The zero-order chi connectivity index (χ0) is 11.3. The van der Waals surface area contributed by atoms with Crippen LogP contribution in [0.15, 0.2) is 12.2 Å². The van der Waals surface area contributed by atoms with Crippen molar-refractivity contribution >= 4 is 30.6 Å². The van der Waals surface area contributed by atoms with E-state index >= 15 is 0 Å². The van der Waals surface area contributed by atoms with E-state index in [2.05, 4.69) is 0 Å². The molecule has 86 valence electrons. The third kappa shape index (κ3) is 4.55. The van der Waals surface area contributed by atoms with E-state index in [0.29, 0.717) is 12.8 Å². The Morgan fingerprint density at radius 2 is 2.19 bits per heavy atom. The van der Waals surface area contributed by atoms with Crippen LogP contribution in [0.3, 0.4) is 0 Å². The van der Waals surface area contributed by atoms with Gasteiger partial charge in [-0.15, -0.1) is 0 Å². The van der Waals surface area contributed by atoms with Gasteiger partial charge < -0.3 is 5.11 Å². The Hall–Kier alpha value is -0.523. The summed E-state index contributed by atoms with van der Waals surface area (Å²) in [6, 6.07) is 0. The Labute approximate surface area is 108 Å². The van der Waals surface area contributed by atoms with Crippen LogP contribution >= 0.6 is 0 Å². The van der Waals surface area contributed by atoms with Crippen molar-refractivity contribution in [1.82, 2.24) is 0 Å². The fourth-order valence-corrected chi connectivity index (χ4v) is 2.18. The second-order valence-electron chi connectivity index (χ2n) is 4.08. The van der Waals surface area contributed by atoms with Crippen LogP contribution in [0.5, 0.6) is 0 Å². The van der Waals surface area contributed by atoms with Gasteiger partial charge >= 0.3 is 24.8 Å².